The summed E-state index contributed by atoms with van der Waals surface area (Å²) in [6.07, 6.45) is 1.92. The van der Waals surface area contributed by atoms with Gasteiger partial charge in [0.25, 0.3) is 0 Å². The highest BCUT2D eigenvalue weighted by molar-refractivity contribution is 7.89. The third-order valence-electron chi connectivity index (χ3n) is 5.85. The molecule has 0 atom stereocenters. The van der Waals surface area contributed by atoms with Gasteiger partial charge in [0, 0.05) is 38.4 Å². The van der Waals surface area contributed by atoms with Gasteiger partial charge in [-0.2, -0.15) is 4.31 Å². The Hall–Kier alpha value is -2.65. The van der Waals surface area contributed by atoms with E-state index in [1.54, 1.807) is 12.0 Å². The average Bonchev–Trinajstić information content (AvgIpc) is 2.79. The van der Waals surface area contributed by atoms with E-state index in [4.69, 9.17) is 4.74 Å². The van der Waals surface area contributed by atoms with Crippen molar-refractivity contribution in [2.24, 2.45) is 0 Å². The third-order valence-corrected chi connectivity index (χ3v) is 7.75. The number of anilines is 1. The largest absolute Gasteiger partial charge is 0.497 e. The van der Waals surface area contributed by atoms with Gasteiger partial charge in [-0.05, 0) is 54.8 Å². The van der Waals surface area contributed by atoms with Crippen LogP contribution in [0.3, 0.4) is 0 Å². The van der Waals surface area contributed by atoms with E-state index in [-0.39, 0.29) is 30.4 Å². The Labute approximate surface area is 182 Å². The van der Waals surface area contributed by atoms with Gasteiger partial charge < -0.3 is 14.5 Å². The first-order chi connectivity index (χ1) is 14.9. The Bertz CT molecular complexity index is 1070. The maximum absolute atomic E-state index is 13.5. The number of sulfonamides is 1. The van der Waals surface area contributed by atoms with Gasteiger partial charge in [-0.25, -0.2) is 12.8 Å². The van der Waals surface area contributed by atoms with Gasteiger partial charge in [-0.15, -0.1) is 0 Å². The van der Waals surface area contributed by atoms with Gasteiger partial charge in [0.2, 0.25) is 15.9 Å². The van der Waals surface area contributed by atoms with Crippen molar-refractivity contribution in [1.82, 2.24) is 9.21 Å². The summed E-state index contributed by atoms with van der Waals surface area (Å²) in [4.78, 5) is 16.6. The number of carbonyl (C=O) groups is 1. The van der Waals surface area contributed by atoms with E-state index in [1.807, 2.05) is 18.2 Å². The molecule has 0 saturated carbocycles. The van der Waals surface area contributed by atoms with Crippen molar-refractivity contribution < 1.29 is 22.3 Å². The fourth-order valence-electron chi connectivity index (χ4n) is 4.16. The SMILES string of the molecule is COc1ccc2c(c1)CCCN2CC(=O)N1CCN(S(=O)(=O)c2cccc(F)c2)CC1. The zero-order valence-electron chi connectivity index (χ0n) is 17.5. The normalized spacial score (nSPS) is 17.4. The molecule has 1 amide bonds. The molecule has 1 fully saturated rings. The number of fused-ring (bicyclic) bond motifs is 1. The minimum absolute atomic E-state index is 0.0218. The van der Waals surface area contributed by atoms with Gasteiger partial charge in [0.1, 0.15) is 11.6 Å². The van der Waals surface area contributed by atoms with Crippen LogP contribution in [0.4, 0.5) is 10.1 Å². The van der Waals surface area contributed by atoms with E-state index in [0.717, 1.165) is 36.9 Å². The lowest BCUT2D eigenvalue weighted by Crippen LogP contribution is -2.52. The molecule has 31 heavy (non-hydrogen) atoms. The quantitative estimate of drug-likeness (QED) is 0.702. The van der Waals surface area contributed by atoms with Crippen LogP contribution in [0.25, 0.3) is 0 Å². The topological polar surface area (TPSA) is 70.2 Å². The molecule has 4 rings (SSSR count). The minimum atomic E-state index is -3.77. The van der Waals surface area contributed by atoms with Crippen LogP contribution in [0.5, 0.6) is 5.75 Å². The van der Waals surface area contributed by atoms with Gasteiger partial charge in [-0.3, -0.25) is 4.79 Å². The maximum atomic E-state index is 13.5. The molecule has 2 aromatic rings. The monoisotopic (exact) mass is 447 g/mol. The standard InChI is InChI=1S/C22H26FN3O4S/c1-30-19-7-8-21-17(14-19)4-3-9-25(21)16-22(27)24-10-12-26(13-11-24)31(28,29)20-6-2-5-18(23)15-20/h2,5-8,14-15H,3-4,9-13,16H2,1H3. The summed E-state index contributed by atoms with van der Waals surface area (Å²) in [5.41, 5.74) is 2.22. The number of rotatable bonds is 5. The Morgan fingerprint density at radius 2 is 1.84 bits per heavy atom. The molecule has 0 radical (unpaired) electrons. The molecule has 7 nitrogen and oxygen atoms in total. The Kier molecular flexibility index (Phi) is 6.15. The number of hydrogen-bond donors (Lipinski definition) is 0. The number of aryl methyl sites for hydroxylation is 1. The van der Waals surface area contributed by atoms with E-state index in [0.29, 0.717) is 13.1 Å². The van der Waals surface area contributed by atoms with E-state index in [1.165, 1.54) is 28.1 Å². The first-order valence-corrected chi connectivity index (χ1v) is 11.8. The lowest BCUT2D eigenvalue weighted by molar-refractivity contribution is -0.130. The number of methoxy groups -OCH3 is 1. The summed E-state index contributed by atoms with van der Waals surface area (Å²) in [7, 11) is -2.14. The first kappa shape index (κ1) is 21.6. The molecule has 2 heterocycles. The molecule has 0 aromatic heterocycles. The highest BCUT2D eigenvalue weighted by Gasteiger charge is 2.31. The molecule has 2 aliphatic heterocycles. The molecule has 166 valence electrons. The second-order valence-corrected chi connectivity index (χ2v) is 9.70. The fraction of sp³-hybridized carbons (Fsp3) is 0.409. The lowest BCUT2D eigenvalue weighted by atomic mass is 10.0. The molecule has 0 N–H and O–H groups in total. The zero-order chi connectivity index (χ0) is 22.0. The number of amides is 1. The summed E-state index contributed by atoms with van der Waals surface area (Å²) in [5, 5.41) is 0. The molecule has 2 aromatic carbocycles. The van der Waals surface area contributed by atoms with Crippen molar-refractivity contribution in [2.75, 3.05) is 51.3 Å². The Morgan fingerprint density at radius 3 is 2.55 bits per heavy atom. The molecule has 0 unspecified atom stereocenters. The van der Waals surface area contributed by atoms with Crippen LogP contribution in [-0.2, 0) is 21.2 Å². The van der Waals surface area contributed by atoms with Crippen molar-refractivity contribution in [3.05, 3.63) is 53.8 Å². The Balaban J connectivity index is 1.38. The van der Waals surface area contributed by atoms with Crippen LogP contribution >= 0.6 is 0 Å². The lowest BCUT2D eigenvalue weighted by Gasteiger charge is -2.37. The highest BCUT2D eigenvalue weighted by Crippen LogP contribution is 2.30. The zero-order valence-corrected chi connectivity index (χ0v) is 18.3. The molecule has 9 heteroatoms. The highest BCUT2D eigenvalue weighted by atomic mass is 32.2. The smallest absolute Gasteiger partial charge is 0.243 e. The van der Waals surface area contributed by atoms with Crippen LogP contribution in [0, 0.1) is 5.82 Å². The van der Waals surface area contributed by atoms with Crippen LogP contribution in [0.15, 0.2) is 47.4 Å². The second-order valence-electron chi connectivity index (χ2n) is 7.76. The molecule has 0 aliphatic carbocycles. The summed E-state index contributed by atoms with van der Waals surface area (Å²) >= 11 is 0. The second kappa shape index (κ2) is 8.84. The summed E-state index contributed by atoms with van der Waals surface area (Å²) in [5.74, 6) is 0.198. The molecular formula is C22H26FN3O4S. The van der Waals surface area contributed by atoms with Crippen LogP contribution in [0.2, 0.25) is 0 Å². The molecule has 1 saturated heterocycles. The van der Waals surface area contributed by atoms with Gasteiger partial charge in [0.15, 0.2) is 0 Å². The third kappa shape index (κ3) is 4.52. The van der Waals surface area contributed by atoms with Crippen molar-refractivity contribution in [3.63, 3.8) is 0 Å². The van der Waals surface area contributed by atoms with Crippen molar-refractivity contribution >= 4 is 21.6 Å². The average molecular weight is 448 g/mol. The Morgan fingerprint density at radius 1 is 1.06 bits per heavy atom. The van der Waals surface area contributed by atoms with Crippen molar-refractivity contribution in [3.8, 4) is 5.75 Å². The van der Waals surface area contributed by atoms with Crippen molar-refractivity contribution in [1.29, 1.82) is 0 Å². The number of halogens is 1. The van der Waals surface area contributed by atoms with E-state index in [9.17, 15) is 17.6 Å². The predicted octanol–water partition coefficient (Wildman–Crippen LogP) is 2.12. The maximum Gasteiger partial charge on any atom is 0.243 e. The molecular weight excluding hydrogens is 421 g/mol. The number of hydrogen-bond acceptors (Lipinski definition) is 5. The van der Waals surface area contributed by atoms with Gasteiger partial charge in [-0.1, -0.05) is 6.07 Å². The number of nitrogens with zero attached hydrogens (tertiary/aromatic N) is 3. The number of benzene rings is 2. The number of ether oxygens (including phenoxy) is 1. The number of carbonyl (C=O) groups excluding carboxylic acids is 1. The first-order valence-electron chi connectivity index (χ1n) is 10.3. The van der Waals surface area contributed by atoms with Gasteiger partial charge >= 0.3 is 0 Å². The summed E-state index contributed by atoms with van der Waals surface area (Å²) < 4.78 is 45.6. The molecule has 0 bridgehead atoms. The minimum Gasteiger partial charge on any atom is -0.497 e. The van der Waals surface area contributed by atoms with Gasteiger partial charge in [0.05, 0.1) is 18.6 Å². The summed E-state index contributed by atoms with van der Waals surface area (Å²) in [6.45, 7) is 2.08. The number of piperazine rings is 1. The molecule has 0 spiro atoms. The fourth-order valence-corrected chi connectivity index (χ4v) is 5.61. The van der Waals surface area contributed by atoms with Crippen LogP contribution in [-0.4, -0.2) is 69.9 Å². The van der Waals surface area contributed by atoms with Crippen molar-refractivity contribution in [2.45, 2.75) is 17.7 Å². The van der Waals surface area contributed by atoms with E-state index < -0.39 is 15.8 Å². The van der Waals surface area contributed by atoms with Crippen LogP contribution in [0.1, 0.15) is 12.0 Å². The summed E-state index contributed by atoms with van der Waals surface area (Å²) in [6, 6.07) is 10.9. The van der Waals surface area contributed by atoms with E-state index in [2.05, 4.69) is 4.90 Å². The molecule has 2 aliphatic rings. The van der Waals surface area contributed by atoms with Crippen LogP contribution < -0.4 is 9.64 Å². The van der Waals surface area contributed by atoms with E-state index >= 15 is 0 Å². The predicted molar refractivity (Wildman–Crippen MR) is 115 cm³/mol.